The summed E-state index contributed by atoms with van der Waals surface area (Å²) in [5.74, 6) is 1.26. The molecule has 0 heterocycles. The lowest BCUT2D eigenvalue weighted by atomic mass is 9.99. The monoisotopic (exact) mass is 270 g/mol. The predicted molar refractivity (Wildman–Crippen MR) is 81.9 cm³/mol. The lowest BCUT2D eigenvalue weighted by Crippen LogP contribution is -2.18. The van der Waals surface area contributed by atoms with Gasteiger partial charge < -0.3 is 9.84 Å². The van der Waals surface area contributed by atoms with Crippen molar-refractivity contribution in [3.63, 3.8) is 0 Å². The highest BCUT2D eigenvalue weighted by atomic mass is 16.6. The second-order valence-corrected chi connectivity index (χ2v) is 5.14. The maximum atomic E-state index is 9.96. The molecule has 0 bridgehead atoms. The highest BCUT2D eigenvalue weighted by molar-refractivity contribution is 5.29. The summed E-state index contributed by atoms with van der Waals surface area (Å²) in [6.07, 6.45) is 0.803. The molecular formula is C18H22O2. The number of aliphatic hydroxyl groups excluding tert-OH is 1. The molecule has 0 saturated heterocycles. The van der Waals surface area contributed by atoms with Gasteiger partial charge in [0, 0.05) is 6.42 Å². The van der Waals surface area contributed by atoms with Crippen molar-refractivity contribution in [1.82, 2.24) is 0 Å². The van der Waals surface area contributed by atoms with Gasteiger partial charge in [0.25, 0.3) is 0 Å². The fourth-order valence-corrected chi connectivity index (χ4v) is 2.13. The summed E-state index contributed by atoms with van der Waals surface area (Å²) < 4.78 is 5.54. The highest BCUT2D eigenvalue weighted by Gasteiger charge is 2.08. The van der Waals surface area contributed by atoms with Gasteiger partial charge in [-0.05, 0) is 35.6 Å². The van der Waals surface area contributed by atoms with Gasteiger partial charge in [0.1, 0.15) is 5.75 Å². The smallest absolute Gasteiger partial charge is 0.201 e. The fraction of sp³-hybridized carbons (Fsp3) is 0.333. The SMILES string of the molecule is CCC(C)c1ccc(OC(O)Cc2ccccc2)cc1. The van der Waals surface area contributed by atoms with Crippen LogP contribution in [0.25, 0.3) is 0 Å². The van der Waals surface area contributed by atoms with E-state index >= 15 is 0 Å². The van der Waals surface area contributed by atoms with Crippen LogP contribution in [0.4, 0.5) is 0 Å². The van der Waals surface area contributed by atoms with Crippen molar-refractivity contribution in [2.45, 2.75) is 38.9 Å². The maximum absolute atomic E-state index is 9.96. The standard InChI is InChI=1S/C18H22O2/c1-3-14(2)16-9-11-17(12-10-16)20-18(19)13-15-7-5-4-6-8-15/h4-12,14,18-19H,3,13H2,1-2H3. The lowest BCUT2D eigenvalue weighted by molar-refractivity contribution is -0.0158. The highest BCUT2D eigenvalue weighted by Crippen LogP contribution is 2.22. The third-order valence-corrected chi connectivity index (χ3v) is 3.59. The molecule has 0 spiro atoms. The van der Waals surface area contributed by atoms with E-state index in [-0.39, 0.29) is 0 Å². The molecule has 0 aliphatic carbocycles. The van der Waals surface area contributed by atoms with Crippen LogP contribution >= 0.6 is 0 Å². The van der Waals surface area contributed by atoms with Crippen molar-refractivity contribution >= 4 is 0 Å². The Kier molecular flexibility index (Phi) is 5.19. The second-order valence-electron chi connectivity index (χ2n) is 5.14. The van der Waals surface area contributed by atoms with Crippen LogP contribution in [-0.2, 0) is 6.42 Å². The number of ether oxygens (including phenoxy) is 1. The summed E-state index contributed by atoms with van der Waals surface area (Å²) in [5.41, 5.74) is 2.37. The minimum absolute atomic E-state index is 0.494. The van der Waals surface area contributed by atoms with Crippen LogP contribution in [0.1, 0.15) is 37.3 Å². The topological polar surface area (TPSA) is 29.5 Å². The van der Waals surface area contributed by atoms with Gasteiger partial charge in [-0.15, -0.1) is 0 Å². The van der Waals surface area contributed by atoms with E-state index in [1.807, 2.05) is 42.5 Å². The molecular weight excluding hydrogens is 248 g/mol. The van der Waals surface area contributed by atoms with Crippen molar-refractivity contribution in [2.75, 3.05) is 0 Å². The molecule has 0 aliphatic heterocycles. The summed E-state index contributed by atoms with van der Waals surface area (Å²) in [7, 11) is 0. The van der Waals surface area contributed by atoms with Gasteiger partial charge >= 0.3 is 0 Å². The third kappa shape index (κ3) is 4.10. The molecule has 2 unspecified atom stereocenters. The first-order chi connectivity index (χ1) is 9.69. The molecule has 20 heavy (non-hydrogen) atoms. The molecule has 2 heteroatoms. The van der Waals surface area contributed by atoms with E-state index in [9.17, 15) is 5.11 Å². The number of hydrogen-bond acceptors (Lipinski definition) is 2. The van der Waals surface area contributed by atoms with Crippen molar-refractivity contribution in [2.24, 2.45) is 0 Å². The maximum Gasteiger partial charge on any atom is 0.201 e. The summed E-state index contributed by atoms with van der Waals surface area (Å²) in [6, 6.07) is 17.8. The Hall–Kier alpha value is -1.80. The van der Waals surface area contributed by atoms with Crippen LogP contribution in [0.5, 0.6) is 5.75 Å². The van der Waals surface area contributed by atoms with Gasteiger partial charge in [0.05, 0.1) is 0 Å². The summed E-state index contributed by atoms with van der Waals surface area (Å²) >= 11 is 0. The van der Waals surface area contributed by atoms with Crippen LogP contribution < -0.4 is 4.74 Å². The van der Waals surface area contributed by atoms with Crippen LogP contribution in [0.3, 0.4) is 0 Å². The lowest BCUT2D eigenvalue weighted by Gasteiger charge is -2.15. The summed E-state index contributed by atoms with van der Waals surface area (Å²) in [4.78, 5) is 0. The van der Waals surface area contributed by atoms with E-state index in [4.69, 9.17) is 4.74 Å². The molecule has 2 atom stereocenters. The normalized spacial score (nSPS) is 13.8. The molecule has 0 saturated carbocycles. The zero-order chi connectivity index (χ0) is 14.4. The summed E-state index contributed by atoms with van der Waals surface area (Å²) in [5, 5.41) is 9.96. The molecule has 2 nitrogen and oxygen atoms in total. The van der Waals surface area contributed by atoms with E-state index in [0.717, 1.165) is 12.0 Å². The zero-order valence-corrected chi connectivity index (χ0v) is 12.1. The molecule has 1 N–H and O–H groups in total. The van der Waals surface area contributed by atoms with E-state index in [1.165, 1.54) is 5.56 Å². The van der Waals surface area contributed by atoms with E-state index < -0.39 is 6.29 Å². The minimum atomic E-state index is -0.813. The number of benzene rings is 2. The quantitative estimate of drug-likeness (QED) is 0.799. The molecule has 2 aromatic carbocycles. The first kappa shape index (κ1) is 14.6. The molecule has 2 aromatic rings. The van der Waals surface area contributed by atoms with Gasteiger partial charge in [-0.2, -0.15) is 0 Å². The van der Waals surface area contributed by atoms with Crippen LogP contribution in [0.2, 0.25) is 0 Å². The Bertz CT molecular complexity index is 505. The number of hydrogen-bond donors (Lipinski definition) is 1. The summed E-state index contributed by atoms with van der Waals surface area (Å²) in [6.45, 7) is 4.39. The van der Waals surface area contributed by atoms with Crippen molar-refractivity contribution in [3.8, 4) is 5.75 Å². The Labute approximate surface area is 121 Å². The van der Waals surface area contributed by atoms with E-state index in [0.29, 0.717) is 18.1 Å². The molecule has 0 aromatic heterocycles. The van der Waals surface area contributed by atoms with Crippen molar-refractivity contribution in [3.05, 3.63) is 65.7 Å². The molecule has 0 amide bonds. The largest absolute Gasteiger partial charge is 0.465 e. The first-order valence-corrected chi connectivity index (χ1v) is 7.17. The molecule has 0 fully saturated rings. The molecule has 0 radical (unpaired) electrons. The van der Waals surface area contributed by atoms with Gasteiger partial charge in [-0.25, -0.2) is 0 Å². The van der Waals surface area contributed by atoms with E-state index in [2.05, 4.69) is 26.0 Å². The van der Waals surface area contributed by atoms with Crippen LogP contribution in [-0.4, -0.2) is 11.4 Å². The molecule has 2 rings (SSSR count). The average Bonchev–Trinajstić information content (AvgIpc) is 2.48. The van der Waals surface area contributed by atoms with Crippen molar-refractivity contribution in [1.29, 1.82) is 0 Å². The molecule has 106 valence electrons. The van der Waals surface area contributed by atoms with Gasteiger partial charge in [0.15, 0.2) is 0 Å². The third-order valence-electron chi connectivity index (χ3n) is 3.59. The first-order valence-electron chi connectivity index (χ1n) is 7.17. The van der Waals surface area contributed by atoms with Gasteiger partial charge in [-0.1, -0.05) is 56.3 Å². The second kappa shape index (κ2) is 7.11. The Morgan fingerprint density at radius 2 is 1.65 bits per heavy atom. The van der Waals surface area contributed by atoms with Crippen LogP contribution in [0, 0.1) is 0 Å². The Balaban J connectivity index is 1.93. The van der Waals surface area contributed by atoms with Crippen LogP contribution in [0.15, 0.2) is 54.6 Å². The fourth-order valence-electron chi connectivity index (χ4n) is 2.13. The Morgan fingerprint density at radius 3 is 2.25 bits per heavy atom. The minimum Gasteiger partial charge on any atom is -0.465 e. The van der Waals surface area contributed by atoms with Gasteiger partial charge in [0.2, 0.25) is 6.29 Å². The zero-order valence-electron chi connectivity index (χ0n) is 12.1. The number of rotatable bonds is 6. The molecule has 0 aliphatic rings. The van der Waals surface area contributed by atoms with E-state index in [1.54, 1.807) is 0 Å². The number of aliphatic hydroxyl groups is 1. The Morgan fingerprint density at radius 1 is 1.00 bits per heavy atom. The average molecular weight is 270 g/mol. The predicted octanol–water partition coefficient (Wildman–Crippen LogP) is 4.14. The van der Waals surface area contributed by atoms with Crippen molar-refractivity contribution < 1.29 is 9.84 Å². The van der Waals surface area contributed by atoms with Gasteiger partial charge in [-0.3, -0.25) is 0 Å².